The summed E-state index contributed by atoms with van der Waals surface area (Å²) in [5, 5.41) is 0. The maximum atomic E-state index is 10.5. The average Bonchev–Trinajstić information content (AvgIpc) is 2.35. The molecular weight excluding hydrogens is 232 g/mol. The molecule has 1 heteroatoms. The molecule has 2 rings (SSSR count). The van der Waals surface area contributed by atoms with E-state index in [0.29, 0.717) is 0 Å². The summed E-state index contributed by atoms with van der Waals surface area (Å²) in [6.07, 6.45) is 5.82. The second-order valence-corrected chi connectivity index (χ2v) is 6.97. The van der Waals surface area contributed by atoms with Gasteiger partial charge >= 0.3 is 0 Å². The first-order valence-corrected chi connectivity index (χ1v) is 6.98. The van der Waals surface area contributed by atoms with Gasteiger partial charge in [0.2, 0.25) is 6.29 Å². The number of rotatable bonds is 2. The highest BCUT2D eigenvalue weighted by atomic mass is 16.1. The molecule has 101 valence electrons. The lowest BCUT2D eigenvalue weighted by molar-refractivity contribution is 0.332. The number of allylic oxidation sites excluding steroid dienone is 2. The summed E-state index contributed by atoms with van der Waals surface area (Å²) < 4.78 is 0. The van der Waals surface area contributed by atoms with Crippen molar-refractivity contribution in [2.45, 2.75) is 58.3 Å². The third kappa shape index (κ3) is 2.51. The molecular formula is C18H23O. The zero-order valence-electron chi connectivity index (χ0n) is 12.6. The van der Waals surface area contributed by atoms with E-state index < -0.39 is 0 Å². The van der Waals surface area contributed by atoms with Crippen molar-refractivity contribution in [3.63, 3.8) is 0 Å². The highest BCUT2D eigenvalue weighted by Gasteiger charge is 2.36. The molecule has 0 saturated heterocycles. The van der Waals surface area contributed by atoms with E-state index in [1.165, 1.54) is 30.0 Å². The quantitative estimate of drug-likeness (QED) is 0.709. The Hall–Kier alpha value is -1.37. The summed E-state index contributed by atoms with van der Waals surface area (Å²) in [5.41, 5.74) is 5.46. The molecule has 0 amide bonds. The minimum Gasteiger partial charge on any atom is -0.286 e. The average molecular weight is 255 g/mol. The van der Waals surface area contributed by atoms with E-state index in [4.69, 9.17) is 0 Å². The van der Waals surface area contributed by atoms with Gasteiger partial charge in [-0.1, -0.05) is 45.9 Å². The second kappa shape index (κ2) is 4.63. The van der Waals surface area contributed by atoms with Gasteiger partial charge in [0.15, 0.2) is 0 Å². The SMILES string of the molecule is CC(=C[C]=O)c1ccc2c(c1)C(C)(C)CCC2(C)C. The van der Waals surface area contributed by atoms with Crippen LogP contribution in [0.3, 0.4) is 0 Å². The molecule has 0 fully saturated rings. The largest absolute Gasteiger partial charge is 0.286 e. The van der Waals surface area contributed by atoms with Crippen LogP contribution in [0.2, 0.25) is 0 Å². The van der Waals surface area contributed by atoms with Gasteiger partial charge in [0.1, 0.15) is 0 Å². The molecule has 0 bridgehead atoms. The molecule has 1 nitrogen and oxygen atoms in total. The van der Waals surface area contributed by atoms with Crippen molar-refractivity contribution in [2.24, 2.45) is 0 Å². The smallest absolute Gasteiger partial charge is 0.225 e. The van der Waals surface area contributed by atoms with Gasteiger partial charge in [-0.15, -0.1) is 0 Å². The van der Waals surface area contributed by atoms with E-state index >= 15 is 0 Å². The van der Waals surface area contributed by atoms with Gasteiger partial charge in [-0.3, -0.25) is 4.79 Å². The minimum atomic E-state index is 0.214. The summed E-state index contributed by atoms with van der Waals surface area (Å²) in [6.45, 7) is 11.2. The molecule has 0 heterocycles. The molecule has 1 aromatic carbocycles. The van der Waals surface area contributed by atoms with Crippen molar-refractivity contribution >= 4 is 11.9 Å². The summed E-state index contributed by atoms with van der Waals surface area (Å²) in [4.78, 5) is 10.5. The molecule has 1 aromatic rings. The third-order valence-electron chi connectivity index (χ3n) is 4.58. The number of benzene rings is 1. The van der Waals surface area contributed by atoms with E-state index in [0.717, 1.165) is 11.1 Å². The first kappa shape index (κ1) is 14.0. The number of hydrogen-bond acceptors (Lipinski definition) is 1. The molecule has 1 aliphatic carbocycles. The predicted octanol–water partition coefficient (Wildman–Crippen LogP) is 4.55. The van der Waals surface area contributed by atoms with Gasteiger partial charge in [-0.2, -0.15) is 0 Å². The Morgan fingerprint density at radius 1 is 1.11 bits per heavy atom. The standard InChI is InChI=1S/C18H23O/c1-13(8-11-19)14-6-7-15-16(12-14)18(4,5)10-9-17(15,2)3/h6-8,12H,9-10H2,1-5H3. The van der Waals surface area contributed by atoms with Gasteiger partial charge in [0.25, 0.3) is 0 Å². The number of hydrogen-bond donors (Lipinski definition) is 0. The fourth-order valence-corrected chi connectivity index (χ4v) is 3.01. The van der Waals surface area contributed by atoms with Crippen LogP contribution in [0, 0.1) is 0 Å². The van der Waals surface area contributed by atoms with Gasteiger partial charge in [0, 0.05) is 0 Å². The van der Waals surface area contributed by atoms with E-state index in [9.17, 15) is 4.79 Å². The first-order chi connectivity index (χ1) is 8.78. The first-order valence-electron chi connectivity index (χ1n) is 6.98. The Balaban J connectivity index is 2.60. The van der Waals surface area contributed by atoms with Crippen LogP contribution in [0.25, 0.3) is 5.57 Å². The maximum Gasteiger partial charge on any atom is 0.225 e. The summed E-state index contributed by atoms with van der Waals surface area (Å²) >= 11 is 0. The zero-order chi connectivity index (χ0) is 14.3. The molecule has 1 aliphatic rings. The van der Waals surface area contributed by atoms with Crippen molar-refractivity contribution in [2.75, 3.05) is 0 Å². The fourth-order valence-electron chi connectivity index (χ4n) is 3.01. The van der Waals surface area contributed by atoms with Crippen molar-refractivity contribution in [3.8, 4) is 0 Å². The molecule has 19 heavy (non-hydrogen) atoms. The van der Waals surface area contributed by atoms with Gasteiger partial charge < -0.3 is 0 Å². The lowest BCUT2D eigenvalue weighted by Crippen LogP contribution is -2.33. The molecule has 0 atom stereocenters. The highest BCUT2D eigenvalue weighted by Crippen LogP contribution is 2.46. The normalized spacial score (nSPS) is 20.8. The third-order valence-corrected chi connectivity index (χ3v) is 4.58. The van der Waals surface area contributed by atoms with Gasteiger partial charge in [-0.25, -0.2) is 0 Å². The highest BCUT2D eigenvalue weighted by molar-refractivity contribution is 5.81. The lowest BCUT2D eigenvalue weighted by atomic mass is 9.63. The predicted molar refractivity (Wildman–Crippen MR) is 81.1 cm³/mol. The molecule has 0 unspecified atom stereocenters. The van der Waals surface area contributed by atoms with E-state index in [2.05, 4.69) is 45.9 Å². The molecule has 0 saturated carbocycles. The Labute approximate surface area is 116 Å². The van der Waals surface area contributed by atoms with Gasteiger partial charge in [-0.05, 0) is 58.9 Å². The summed E-state index contributed by atoms with van der Waals surface area (Å²) in [5.74, 6) is 0. The molecule has 0 aliphatic heterocycles. The van der Waals surface area contributed by atoms with Crippen LogP contribution in [0.1, 0.15) is 64.2 Å². The molecule has 0 N–H and O–H groups in total. The lowest BCUT2D eigenvalue weighted by Gasteiger charge is -2.42. The summed E-state index contributed by atoms with van der Waals surface area (Å²) in [7, 11) is 0. The minimum absolute atomic E-state index is 0.214. The van der Waals surface area contributed by atoms with Crippen molar-refractivity contribution in [1.82, 2.24) is 0 Å². The van der Waals surface area contributed by atoms with E-state index in [-0.39, 0.29) is 10.8 Å². The Morgan fingerprint density at radius 2 is 1.68 bits per heavy atom. The fraction of sp³-hybridized carbons (Fsp3) is 0.500. The Kier molecular flexibility index (Phi) is 3.42. The topological polar surface area (TPSA) is 17.1 Å². The molecule has 0 aromatic heterocycles. The summed E-state index contributed by atoms with van der Waals surface area (Å²) in [6, 6.07) is 6.64. The van der Waals surface area contributed by atoms with Crippen molar-refractivity contribution in [1.29, 1.82) is 0 Å². The van der Waals surface area contributed by atoms with Crippen LogP contribution >= 0.6 is 0 Å². The number of fused-ring (bicyclic) bond motifs is 1. The zero-order valence-corrected chi connectivity index (χ0v) is 12.6. The van der Waals surface area contributed by atoms with Gasteiger partial charge in [0.05, 0.1) is 0 Å². The second-order valence-electron chi connectivity index (χ2n) is 6.97. The van der Waals surface area contributed by atoms with Crippen LogP contribution in [0.4, 0.5) is 0 Å². The van der Waals surface area contributed by atoms with Crippen LogP contribution < -0.4 is 0 Å². The van der Waals surface area contributed by atoms with E-state index in [1.54, 1.807) is 0 Å². The monoisotopic (exact) mass is 255 g/mol. The van der Waals surface area contributed by atoms with Crippen LogP contribution in [0.15, 0.2) is 24.3 Å². The Morgan fingerprint density at radius 3 is 2.26 bits per heavy atom. The Bertz CT molecular complexity index is 533. The van der Waals surface area contributed by atoms with E-state index in [1.807, 2.05) is 13.2 Å². The van der Waals surface area contributed by atoms with Crippen molar-refractivity contribution in [3.05, 3.63) is 41.0 Å². The molecule has 0 spiro atoms. The van der Waals surface area contributed by atoms with Crippen LogP contribution in [-0.2, 0) is 15.6 Å². The van der Waals surface area contributed by atoms with Crippen LogP contribution in [0.5, 0.6) is 0 Å². The van der Waals surface area contributed by atoms with Crippen molar-refractivity contribution < 1.29 is 4.79 Å². The maximum absolute atomic E-state index is 10.5. The molecule has 1 radical (unpaired) electrons. The van der Waals surface area contributed by atoms with Crippen LogP contribution in [-0.4, -0.2) is 6.29 Å². The number of carbonyl (C=O) groups excluding carboxylic acids is 1.